The molecule has 3 aromatic rings. The minimum absolute atomic E-state index is 0.0543. The third-order valence-corrected chi connectivity index (χ3v) is 5.97. The fourth-order valence-electron chi connectivity index (χ4n) is 4.15. The fraction of sp³-hybridized carbons (Fsp3) is 0.375. The van der Waals surface area contributed by atoms with Crippen LogP contribution in [0.5, 0.6) is 0 Å². The largest absolute Gasteiger partial charge is 0.335 e. The number of nitrogens with one attached hydrogen (secondary N) is 2. The number of H-pyrrole nitrogens is 1. The predicted molar refractivity (Wildman–Crippen MR) is 124 cm³/mol. The number of pyridine rings is 1. The van der Waals surface area contributed by atoms with Gasteiger partial charge in [-0.3, -0.25) is 24.5 Å². The lowest BCUT2D eigenvalue weighted by atomic mass is 9.91. The molecule has 1 saturated heterocycles. The molecule has 2 aromatic heterocycles. The Balaban J connectivity index is 1.63. The second kappa shape index (κ2) is 8.85. The van der Waals surface area contributed by atoms with Crippen LogP contribution in [-0.4, -0.2) is 61.8 Å². The maximum Gasteiger partial charge on any atom is 0.313 e. The van der Waals surface area contributed by atoms with Crippen molar-refractivity contribution in [1.82, 2.24) is 25.0 Å². The Bertz CT molecular complexity index is 1230. The molecule has 0 spiro atoms. The molecule has 10 heteroatoms. The highest BCUT2D eigenvalue weighted by atomic mass is 19.1. The Hall–Kier alpha value is -3.82. The summed E-state index contributed by atoms with van der Waals surface area (Å²) in [5, 5.41) is 9.96. The number of hydrogen-bond donors (Lipinski definition) is 2. The standard InChI is InChI=1S/C24H27FN6O3/c1-14-12-31(22(33)21(32)28-18-10-26-11-19-17(18)9-27-29-19)20(15-5-7-16(25)8-6-15)13-30(14)23(34)24(2,3)4/h5-11,14,20H,12-13H2,1-4H3,(H,27,29)(H,28,32)/t14-,20-/m1/s1. The van der Waals surface area contributed by atoms with Gasteiger partial charge in [0.25, 0.3) is 0 Å². The molecule has 0 saturated carbocycles. The van der Waals surface area contributed by atoms with Crippen molar-refractivity contribution in [2.75, 3.05) is 18.4 Å². The van der Waals surface area contributed by atoms with Gasteiger partial charge in [0.1, 0.15) is 5.82 Å². The van der Waals surface area contributed by atoms with Crippen LogP contribution < -0.4 is 5.32 Å². The molecule has 3 amide bonds. The molecule has 1 aromatic carbocycles. The lowest BCUT2D eigenvalue weighted by Gasteiger charge is -2.46. The van der Waals surface area contributed by atoms with Crippen molar-refractivity contribution in [3.63, 3.8) is 0 Å². The van der Waals surface area contributed by atoms with Crippen molar-refractivity contribution in [2.45, 2.75) is 39.8 Å². The summed E-state index contributed by atoms with van der Waals surface area (Å²) < 4.78 is 13.6. The van der Waals surface area contributed by atoms with E-state index >= 15 is 0 Å². The van der Waals surface area contributed by atoms with Gasteiger partial charge in [-0.05, 0) is 24.6 Å². The van der Waals surface area contributed by atoms with E-state index in [0.29, 0.717) is 22.2 Å². The molecule has 2 atom stereocenters. The maximum absolute atomic E-state index is 13.6. The zero-order valence-corrected chi connectivity index (χ0v) is 19.5. The van der Waals surface area contributed by atoms with Crippen LogP contribution in [0, 0.1) is 11.2 Å². The Morgan fingerprint density at radius 2 is 1.76 bits per heavy atom. The number of carbonyl (C=O) groups is 3. The van der Waals surface area contributed by atoms with Crippen LogP contribution in [0.2, 0.25) is 0 Å². The molecule has 1 aliphatic rings. The highest BCUT2D eigenvalue weighted by Crippen LogP contribution is 2.31. The van der Waals surface area contributed by atoms with Crippen molar-refractivity contribution < 1.29 is 18.8 Å². The Kier molecular flexibility index (Phi) is 6.07. The number of amides is 3. The van der Waals surface area contributed by atoms with Gasteiger partial charge in [-0.1, -0.05) is 32.9 Å². The maximum atomic E-state index is 13.6. The number of nitrogens with zero attached hydrogens (tertiary/aromatic N) is 4. The van der Waals surface area contributed by atoms with E-state index in [1.807, 2.05) is 27.7 Å². The van der Waals surface area contributed by atoms with Gasteiger partial charge in [0.15, 0.2) is 0 Å². The van der Waals surface area contributed by atoms with Crippen LogP contribution in [0.15, 0.2) is 42.9 Å². The zero-order valence-electron chi connectivity index (χ0n) is 19.5. The summed E-state index contributed by atoms with van der Waals surface area (Å²) in [6.45, 7) is 7.71. The quantitative estimate of drug-likeness (QED) is 0.564. The lowest BCUT2D eigenvalue weighted by molar-refractivity contribution is -0.154. The molecule has 3 heterocycles. The van der Waals surface area contributed by atoms with Crippen LogP contribution >= 0.6 is 0 Å². The van der Waals surface area contributed by atoms with E-state index in [1.165, 1.54) is 29.4 Å². The number of benzene rings is 1. The SMILES string of the molecule is C[C@@H]1CN(C(=O)C(=O)Nc2cncc3[nH]ncc23)[C@@H](c2ccc(F)cc2)CN1C(=O)C(C)(C)C. The van der Waals surface area contributed by atoms with E-state index in [0.717, 1.165) is 0 Å². The van der Waals surface area contributed by atoms with Crippen molar-refractivity contribution in [2.24, 2.45) is 5.41 Å². The third kappa shape index (κ3) is 4.48. The van der Waals surface area contributed by atoms with E-state index in [1.54, 1.807) is 23.2 Å². The molecule has 34 heavy (non-hydrogen) atoms. The van der Waals surface area contributed by atoms with Crippen molar-refractivity contribution in [3.8, 4) is 0 Å². The van der Waals surface area contributed by atoms with Gasteiger partial charge >= 0.3 is 11.8 Å². The average Bonchev–Trinajstić information content (AvgIpc) is 3.28. The molecule has 0 aliphatic carbocycles. The van der Waals surface area contributed by atoms with Gasteiger partial charge < -0.3 is 15.1 Å². The van der Waals surface area contributed by atoms with Gasteiger partial charge in [-0.25, -0.2) is 4.39 Å². The number of aromatic nitrogens is 3. The second-order valence-electron chi connectivity index (χ2n) is 9.55. The summed E-state index contributed by atoms with van der Waals surface area (Å²) in [4.78, 5) is 46.6. The van der Waals surface area contributed by atoms with Gasteiger partial charge in [-0.15, -0.1) is 0 Å². The molecule has 9 nitrogen and oxygen atoms in total. The molecule has 1 fully saturated rings. The van der Waals surface area contributed by atoms with Crippen LogP contribution in [0.4, 0.5) is 10.1 Å². The first-order valence-electron chi connectivity index (χ1n) is 11.0. The predicted octanol–water partition coefficient (Wildman–Crippen LogP) is 2.88. The van der Waals surface area contributed by atoms with Crippen LogP contribution in [0.1, 0.15) is 39.3 Å². The Morgan fingerprint density at radius 1 is 1.06 bits per heavy atom. The molecule has 1 aliphatic heterocycles. The molecule has 0 radical (unpaired) electrons. The zero-order chi connectivity index (χ0) is 24.6. The first-order chi connectivity index (χ1) is 16.1. The normalized spacial score (nSPS) is 18.7. The van der Waals surface area contributed by atoms with Crippen molar-refractivity contribution >= 4 is 34.3 Å². The molecule has 4 rings (SSSR count). The monoisotopic (exact) mass is 466 g/mol. The highest BCUT2D eigenvalue weighted by molar-refractivity contribution is 6.40. The Morgan fingerprint density at radius 3 is 2.44 bits per heavy atom. The van der Waals surface area contributed by atoms with E-state index < -0.39 is 29.1 Å². The van der Waals surface area contributed by atoms with E-state index in [9.17, 15) is 18.8 Å². The van der Waals surface area contributed by atoms with Crippen LogP contribution in [0.25, 0.3) is 10.9 Å². The number of carbonyl (C=O) groups excluding carboxylic acids is 3. The number of anilines is 1. The first-order valence-corrected chi connectivity index (χ1v) is 11.0. The van der Waals surface area contributed by atoms with Gasteiger partial charge in [0, 0.05) is 29.9 Å². The highest BCUT2D eigenvalue weighted by Gasteiger charge is 2.41. The van der Waals surface area contributed by atoms with Gasteiger partial charge in [0.2, 0.25) is 5.91 Å². The average molecular weight is 467 g/mol. The number of halogens is 1. The molecule has 2 N–H and O–H groups in total. The molecular formula is C24H27FN6O3. The van der Waals surface area contributed by atoms with E-state index in [2.05, 4.69) is 20.5 Å². The van der Waals surface area contributed by atoms with Crippen molar-refractivity contribution in [3.05, 3.63) is 54.2 Å². The summed E-state index contributed by atoms with van der Waals surface area (Å²) in [5.74, 6) is -2.04. The minimum atomic E-state index is -0.828. The van der Waals surface area contributed by atoms with E-state index in [-0.39, 0.29) is 25.0 Å². The Labute approximate surface area is 196 Å². The molecule has 0 bridgehead atoms. The topological polar surface area (TPSA) is 111 Å². The second-order valence-corrected chi connectivity index (χ2v) is 9.55. The number of hydrogen-bond acceptors (Lipinski definition) is 5. The number of fused-ring (bicyclic) bond motifs is 1. The molecule has 0 unspecified atom stereocenters. The molecular weight excluding hydrogens is 439 g/mol. The van der Waals surface area contributed by atoms with Crippen molar-refractivity contribution in [1.29, 1.82) is 0 Å². The third-order valence-electron chi connectivity index (χ3n) is 5.97. The summed E-state index contributed by atoms with van der Waals surface area (Å²) >= 11 is 0. The lowest BCUT2D eigenvalue weighted by Crippen LogP contribution is -2.60. The molecule has 178 valence electrons. The van der Waals surface area contributed by atoms with Crippen LogP contribution in [0.3, 0.4) is 0 Å². The summed E-state index contributed by atoms with van der Waals surface area (Å²) in [6, 6.07) is 4.84. The summed E-state index contributed by atoms with van der Waals surface area (Å²) in [7, 11) is 0. The summed E-state index contributed by atoms with van der Waals surface area (Å²) in [6.07, 6.45) is 4.55. The van der Waals surface area contributed by atoms with Gasteiger partial charge in [-0.2, -0.15) is 5.10 Å². The number of piperazine rings is 1. The first kappa shape index (κ1) is 23.3. The van der Waals surface area contributed by atoms with E-state index in [4.69, 9.17) is 0 Å². The number of aromatic amines is 1. The summed E-state index contributed by atoms with van der Waals surface area (Å²) in [5.41, 5.74) is 1.01. The fourth-order valence-corrected chi connectivity index (χ4v) is 4.15. The van der Waals surface area contributed by atoms with Gasteiger partial charge in [0.05, 0.1) is 35.8 Å². The minimum Gasteiger partial charge on any atom is -0.335 e. The number of rotatable bonds is 2. The smallest absolute Gasteiger partial charge is 0.313 e. The van der Waals surface area contributed by atoms with Crippen LogP contribution in [-0.2, 0) is 14.4 Å².